The van der Waals surface area contributed by atoms with Gasteiger partial charge in [0.1, 0.15) is 0 Å². The average Bonchev–Trinajstić information content (AvgIpc) is 2.50. The summed E-state index contributed by atoms with van der Waals surface area (Å²) in [5, 5.41) is 6.53. The molecule has 0 fully saturated rings. The number of aromatic amines is 1. The van der Waals surface area contributed by atoms with Gasteiger partial charge in [-0.1, -0.05) is 0 Å². The van der Waals surface area contributed by atoms with Crippen LogP contribution in [0.2, 0.25) is 0 Å². The van der Waals surface area contributed by atoms with Crippen LogP contribution >= 0.6 is 0 Å². The van der Waals surface area contributed by atoms with Crippen LogP contribution in [0.4, 0.5) is 5.82 Å². The molecule has 0 unspecified atom stereocenters. The quantitative estimate of drug-likeness (QED) is 0.632. The fourth-order valence-corrected chi connectivity index (χ4v) is 0.785. The molecule has 0 spiro atoms. The van der Waals surface area contributed by atoms with Gasteiger partial charge in [0.25, 0.3) is 0 Å². The monoisotopic (exact) mass is 150 g/mol. The van der Waals surface area contributed by atoms with Crippen molar-refractivity contribution in [3.05, 3.63) is 11.8 Å². The van der Waals surface area contributed by atoms with E-state index >= 15 is 0 Å². The van der Waals surface area contributed by atoms with Crippen molar-refractivity contribution in [2.75, 3.05) is 7.05 Å². The van der Waals surface area contributed by atoms with Crippen LogP contribution in [-0.4, -0.2) is 29.7 Å². The number of hydrogen-bond acceptors (Lipinski definition) is 3. The van der Waals surface area contributed by atoms with E-state index in [1.165, 1.54) is 0 Å². The minimum atomic E-state index is 0.674. The minimum absolute atomic E-state index is 0.674. The highest BCUT2D eigenvalue weighted by molar-refractivity contribution is 6.02. The predicted octanol–water partition coefficient (Wildman–Crippen LogP) is 1.18. The van der Waals surface area contributed by atoms with Crippen LogP contribution in [0.3, 0.4) is 0 Å². The number of hydrogen-bond donors (Lipinski definition) is 1. The summed E-state index contributed by atoms with van der Waals surface area (Å²) < 4.78 is 0. The Morgan fingerprint density at radius 3 is 3.00 bits per heavy atom. The van der Waals surface area contributed by atoms with Crippen LogP contribution in [-0.2, 0) is 0 Å². The number of nitrogens with one attached hydrogen (secondary N) is 1. The van der Waals surface area contributed by atoms with Gasteiger partial charge in [0, 0.05) is 12.8 Å². The lowest BCUT2D eigenvalue weighted by molar-refractivity contribution is 1.08. The third-order valence-electron chi connectivity index (χ3n) is 1.50. The molecule has 1 rings (SSSR count). The molecule has 0 aromatic carbocycles. The zero-order chi connectivity index (χ0) is 8.27. The van der Waals surface area contributed by atoms with Gasteiger partial charge in [-0.15, -0.1) is 0 Å². The molecule has 0 atom stereocenters. The molecule has 0 aliphatic carbocycles. The number of aromatic nitrogens is 2. The van der Waals surface area contributed by atoms with E-state index in [9.17, 15) is 0 Å². The highest BCUT2D eigenvalue weighted by Gasteiger charge is 2.04. The number of aliphatic imine (C=N–C) groups is 2. The van der Waals surface area contributed by atoms with E-state index < -0.39 is 0 Å². The van der Waals surface area contributed by atoms with E-state index in [0.29, 0.717) is 5.82 Å². The predicted molar refractivity (Wildman–Crippen MR) is 45.9 cm³/mol. The van der Waals surface area contributed by atoms with Gasteiger partial charge in [-0.25, -0.2) is 4.99 Å². The molecule has 1 aromatic heterocycles. The molecule has 0 saturated carbocycles. The summed E-state index contributed by atoms with van der Waals surface area (Å²) in [5.74, 6) is 0.674. The summed E-state index contributed by atoms with van der Waals surface area (Å²) >= 11 is 0. The molecule has 4 heteroatoms. The van der Waals surface area contributed by atoms with E-state index in [4.69, 9.17) is 0 Å². The van der Waals surface area contributed by atoms with Gasteiger partial charge >= 0.3 is 0 Å². The van der Waals surface area contributed by atoms with E-state index in [1.54, 1.807) is 13.2 Å². The normalized spacial score (nSPS) is 11.6. The van der Waals surface area contributed by atoms with Crippen LogP contribution in [0, 0.1) is 0 Å². The molecule has 0 radical (unpaired) electrons. The van der Waals surface area contributed by atoms with Gasteiger partial charge < -0.3 is 0 Å². The maximum atomic E-state index is 4.01. The van der Waals surface area contributed by atoms with Crippen molar-refractivity contribution in [2.45, 2.75) is 6.92 Å². The van der Waals surface area contributed by atoms with Crippen molar-refractivity contribution >= 4 is 18.2 Å². The first-order valence-electron chi connectivity index (χ1n) is 3.23. The van der Waals surface area contributed by atoms with E-state index in [2.05, 4.69) is 26.9 Å². The fourth-order valence-electron chi connectivity index (χ4n) is 0.785. The van der Waals surface area contributed by atoms with Gasteiger partial charge in [-0.05, 0) is 13.6 Å². The molecule has 0 aliphatic rings. The summed E-state index contributed by atoms with van der Waals surface area (Å²) in [7, 11) is 1.73. The molecule has 0 amide bonds. The van der Waals surface area contributed by atoms with Crippen molar-refractivity contribution < 1.29 is 0 Å². The van der Waals surface area contributed by atoms with E-state index in [-0.39, 0.29) is 0 Å². The zero-order valence-electron chi connectivity index (χ0n) is 6.63. The van der Waals surface area contributed by atoms with E-state index in [0.717, 1.165) is 11.3 Å². The maximum absolute atomic E-state index is 4.01. The molecule has 11 heavy (non-hydrogen) atoms. The van der Waals surface area contributed by atoms with E-state index in [1.807, 2.05) is 6.92 Å². The Labute approximate surface area is 65.1 Å². The highest BCUT2D eigenvalue weighted by Crippen LogP contribution is 2.14. The van der Waals surface area contributed by atoms with Crippen molar-refractivity contribution in [1.82, 2.24) is 10.2 Å². The lowest BCUT2D eigenvalue weighted by Crippen LogP contribution is -1.91. The second-order valence-corrected chi connectivity index (χ2v) is 2.10. The molecule has 1 aromatic rings. The van der Waals surface area contributed by atoms with Crippen LogP contribution in [0.25, 0.3) is 0 Å². The van der Waals surface area contributed by atoms with Crippen LogP contribution in [0.15, 0.2) is 16.2 Å². The van der Waals surface area contributed by atoms with Gasteiger partial charge in [-0.3, -0.25) is 10.1 Å². The molecular weight excluding hydrogens is 140 g/mol. The Morgan fingerprint density at radius 1 is 1.73 bits per heavy atom. The standard InChI is InChI=1S/C7H10N4/c1-5(8-2)6-4-10-11-7(6)9-3/h4H,3H2,1-2H3,(H,10,11). The number of rotatable bonds is 2. The Balaban J connectivity index is 3.12. The van der Waals surface area contributed by atoms with Gasteiger partial charge in [-0.2, -0.15) is 5.10 Å². The topological polar surface area (TPSA) is 53.4 Å². The van der Waals surface area contributed by atoms with Crippen molar-refractivity contribution in [1.29, 1.82) is 0 Å². The molecule has 0 saturated heterocycles. The molecule has 58 valence electrons. The Hall–Kier alpha value is -1.45. The molecule has 1 N–H and O–H groups in total. The molecule has 0 aliphatic heterocycles. The van der Waals surface area contributed by atoms with Gasteiger partial charge in [0.05, 0.1) is 11.8 Å². The lowest BCUT2D eigenvalue weighted by Gasteiger charge is -1.93. The SMILES string of the molecule is C=Nc1[nH]ncc1C(C)=NC. The third-order valence-corrected chi connectivity index (χ3v) is 1.50. The van der Waals surface area contributed by atoms with Crippen molar-refractivity contribution in [2.24, 2.45) is 9.98 Å². The van der Waals surface area contributed by atoms with Crippen LogP contribution in [0.5, 0.6) is 0 Å². The first kappa shape index (κ1) is 7.65. The smallest absolute Gasteiger partial charge is 0.156 e. The Kier molecular flexibility index (Phi) is 2.15. The minimum Gasteiger partial charge on any atom is -0.293 e. The summed E-state index contributed by atoms with van der Waals surface area (Å²) in [6.45, 7) is 5.31. The number of H-pyrrole nitrogens is 1. The molecular formula is C7H10N4. The van der Waals surface area contributed by atoms with Gasteiger partial charge in [0.15, 0.2) is 5.82 Å². The Morgan fingerprint density at radius 2 is 2.45 bits per heavy atom. The summed E-state index contributed by atoms with van der Waals surface area (Å²) in [4.78, 5) is 7.76. The van der Waals surface area contributed by atoms with Gasteiger partial charge in [0.2, 0.25) is 0 Å². The van der Waals surface area contributed by atoms with Crippen molar-refractivity contribution in [3.8, 4) is 0 Å². The first-order valence-corrected chi connectivity index (χ1v) is 3.23. The maximum Gasteiger partial charge on any atom is 0.156 e. The first-order chi connectivity index (χ1) is 5.29. The second-order valence-electron chi connectivity index (χ2n) is 2.10. The highest BCUT2D eigenvalue weighted by atomic mass is 15.2. The van der Waals surface area contributed by atoms with Crippen LogP contribution in [0.1, 0.15) is 12.5 Å². The fraction of sp³-hybridized carbons (Fsp3) is 0.286. The van der Waals surface area contributed by atoms with Crippen LogP contribution < -0.4 is 0 Å². The zero-order valence-corrected chi connectivity index (χ0v) is 6.63. The summed E-state index contributed by atoms with van der Waals surface area (Å²) in [6.07, 6.45) is 1.69. The number of nitrogens with zero attached hydrogens (tertiary/aromatic N) is 3. The summed E-state index contributed by atoms with van der Waals surface area (Å²) in [5.41, 5.74) is 1.81. The molecule has 4 nitrogen and oxygen atoms in total. The third kappa shape index (κ3) is 1.34. The van der Waals surface area contributed by atoms with Crippen molar-refractivity contribution in [3.63, 3.8) is 0 Å². The Bertz CT molecular complexity index is 284. The lowest BCUT2D eigenvalue weighted by atomic mass is 10.2. The second kappa shape index (κ2) is 3.09. The summed E-state index contributed by atoms with van der Waals surface area (Å²) in [6, 6.07) is 0. The largest absolute Gasteiger partial charge is 0.293 e. The molecule has 0 bridgehead atoms. The average molecular weight is 150 g/mol. The molecule has 1 heterocycles.